The van der Waals surface area contributed by atoms with Crippen molar-refractivity contribution in [3.63, 3.8) is 0 Å². The van der Waals surface area contributed by atoms with Crippen LogP contribution in [0.25, 0.3) is 0 Å². The molecule has 0 spiro atoms. The molecule has 0 unspecified atom stereocenters. The largest absolute Gasteiger partial charge is 0.497 e. The second-order valence-electron chi connectivity index (χ2n) is 4.52. The van der Waals surface area contributed by atoms with Gasteiger partial charge in [0, 0.05) is 11.8 Å². The fourth-order valence-corrected chi connectivity index (χ4v) is 2.05. The van der Waals surface area contributed by atoms with Crippen molar-refractivity contribution in [1.82, 2.24) is 0 Å². The predicted octanol–water partition coefficient (Wildman–Crippen LogP) is 3.93. The van der Waals surface area contributed by atoms with Crippen LogP contribution in [0.3, 0.4) is 0 Å². The van der Waals surface area contributed by atoms with E-state index in [-0.39, 0.29) is 0 Å². The summed E-state index contributed by atoms with van der Waals surface area (Å²) in [5.41, 5.74) is 4.70. The third-order valence-electron chi connectivity index (χ3n) is 2.85. The standard InChI is InChI=1S/C16H16N2O/c1-11-6-12(2)8-14(7-11)18-16-9-15(19-3)5-4-13(16)10-17/h4-9,18H,1-3H3. The first-order valence-electron chi connectivity index (χ1n) is 6.06. The molecule has 0 saturated heterocycles. The zero-order chi connectivity index (χ0) is 13.8. The van der Waals surface area contributed by atoms with Crippen molar-refractivity contribution in [1.29, 1.82) is 5.26 Å². The van der Waals surface area contributed by atoms with Crippen LogP contribution in [0.2, 0.25) is 0 Å². The van der Waals surface area contributed by atoms with Gasteiger partial charge >= 0.3 is 0 Å². The number of benzene rings is 2. The summed E-state index contributed by atoms with van der Waals surface area (Å²) in [5, 5.41) is 12.4. The maximum Gasteiger partial charge on any atom is 0.121 e. The highest BCUT2D eigenvalue weighted by molar-refractivity contribution is 5.68. The highest BCUT2D eigenvalue weighted by atomic mass is 16.5. The first-order chi connectivity index (χ1) is 9.12. The molecular formula is C16H16N2O. The first kappa shape index (κ1) is 13.0. The number of rotatable bonds is 3. The van der Waals surface area contributed by atoms with Crippen molar-refractivity contribution in [2.45, 2.75) is 13.8 Å². The molecular weight excluding hydrogens is 236 g/mol. The Kier molecular flexibility index (Phi) is 3.72. The van der Waals surface area contributed by atoms with Gasteiger partial charge in [0.1, 0.15) is 11.8 Å². The van der Waals surface area contributed by atoms with Crippen molar-refractivity contribution in [2.24, 2.45) is 0 Å². The lowest BCUT2D eigenvalue weighted by Gasteiger charge is -2.11. The number of ether oxygens (including phenoxy) is 1. The summed E-state index contributed by atoms with van der Waals surface area (Å²) in [4.78, 5) is 0. The highest BCUT2D eigenvalue weighted by Gasteiger charge is 2.05. The summed E-state index contributed by atoms with van der Waals surface area (Å²) in [6, 6.07) is 13.8. The van der Waals surface area contributed by atoms with Crippen molar-refractivity contribution in [3.8, 4) is 11.8 Å². The minimum absolute atomic E-state index is 0.597. The molecule has 19 heavy (non-hydrogen) atoms. The van der Waals surface area contributed by atoms with Crippen LogP contribution in [0.15, 0.2) is 36.4 Å². The van der Waals surface area contributed by atoms with E-state index in [0.29, 0.717) is 5.56 Å². The minimum Gasteiger partial charge on any atom is -0.497 e. The molecule has 0 atom stereocenters. The van der Waals surface area contributed by atoms with E-state index < -0.39 is 0 Å². The number of aryl methyl sites for hydroxylation is 2. The average molecular weight is 252 g/mol. The van der Waals surface area contributed by atoms with Crippen molar-refractivity contribution in [2.75, 3.05) is 12.4 Å². The minimum atomic E-state index is 0.597. The Morgan fingerprint density at radius 1 is 1.05 bits per heavy atom. The number of nitrogens with one attached hydrogen (secondary N) is 1. The van der Waals surface area contributed by atoms with E-state index in [9.17, 15) is 0 Å². The van der Waals surface area contributed by atoms with Crippen LogP contribution in [-0.2, 0) is 0 Å². The van der Waals surface area contributed by atoms with Crippen LogP contribution >= 0.6 is 0 Å². The molecule has 0 aromatic heterocycles. The molecule has 0 fully saturated rings. The van der Waals surface area contributed by atoms with E-state index >= 15 is 0 Å². The second-order valence-corrected chi connectivity index (χ2v) is 4.52. The van der Waals surface area contributed by atoms with Gasteiger partial charge in [-0.25, -0.2) is 0 Å². The van der Waals surface area contributed by atoms with E-state index in [2.05, 4.69) is 31.3 Å². The lowest BCUT2D eigenvalue weighted by molar-refractivity contribution is 0.415. The number of hydrogen-bond donors (Lipinski definition) is 1. The number of nitriles is 1. The van der Waals surface area contributed by atoms with Gasteiger partial charge in [-0.2, -0.15) is 5.26 Å². The van der Waals surface area contributed by atoms with Crippen LogP contribution in [-0.4, -0.2) is 7.11 Å². The van der Waals surface area contributed by atoms with Crippen molar-refractivity contribution < 1.29 is 4.74 Å². The summed E-state index contributed by atoms with van der Waals surface area (Å²) in [5.74, 6) is 0.728. The average Bonchev–Trinajstić information content (AvgIpc) is 2.37. The van der Waals surface area contributed by atoms with Crippen LogP contribution in [0.1, 0.15) is 16.7 Å². The zero-order valence-electron chi connectivity index (χ0n) is 11.3. The predicted molar refractivity (Wildman–Crippen MR) is 76.9 cm³/mol. The topological polar surface area (TPSA) is 45.0 Å². The lowest BCUT2D eigenvalue weighted by Crippen LogP contribution is -1.96. The molecule has 0 radical (unpaired) electrons. The fraction of sp³-hybridized carbons (Fsp3) is 0.188. The Balaban J connectivity index is 2.39. The lowest BCUT2D eigenvalue weighted by atomic mass is 10.1. The molecule has 2 rings (SSSR count). The summed E-state index contributed by atoms with van der Waals surface area (Å²) in [6.45, 7) is 4.10. The van der Waals surface area contributed by atoms with Gasteiger partial charge in [0.2, 0.25) is 0 Å². The molecule has 0 aliphatic rings. The Morgan fingerprint density at radius 3 is 2.32 bits per heavy atom. The van der Waals surface area contributed by atoms with Crippen molar-refractivity contribution >= 4 is 11.4 Å². The first-order valence-corrected chi connectivity index (χ1v) is 6.06. The van der Waals surface area contributed by atoms with E-state index in [1.807, 2.05) is 18.2 Å². The second kappa shape index (κ2) is 5.45. The van der Waals surface area contributed by atoms with Crippen molar-refractivity contribution in [3.05, 3.63) is 53.1 Å². The molecule has 2 aromatic carbocycles. The SMILES string of the molecule is COc1ccc(C#N)c(Nc2cc(C)cc(C)c2)c1. The molecule has 2 aromatic rings. The van der Waals surface area contributed by atoms with E-state index in [4.69, 9.17) is 10.00 Å². The van der Waals surface area contributed by atoms with Gasteiger partial charge < -0.3 is 10.1 Å². The fourth-order valence-electron chi connectivity index (χ4n) is 2.05. The third kappa shape index (κ3) is 3.05. The number of anilines is 2. The van der Waals surface area contributed by atoms with Gasteiger partial charge in [-0.05, 0) is 49.2 Å². The highest BCUT2D eigenvalue weighted by Crippen LogP contribution is 2.26. The summed E-state index contributed by atoms with van der Waals surface area (Å²) >= 11 is 0. The summed E-state index contributed by atoms with van der Waals surface area (Å²) < 4.78 is 5.19. The smallest absolute Gasteiger partial charge is 0.121 e. The molecule has 0 saturated carbocycles. The Hall–Kier alpha value is -2.47. The molecule has 3 nitrogen and oxygen atoms in total. The normalized spacial score (nSPS) is 9.79. The number of nitrogens with zero attached hydrogens (tertiary/aromatic N) is 1. The van der Waals surface area contributed by atoms with E-state index in [1.165, 1.54) is 11.1 Å². The molecule has 1 N–H and O–H groups in total. The molecule has 0 heterocycles. The maximum atomic E-state index is 9.14. The number of methoxy groups -OCH3 is 1. The Labute approximate surface area is 113 Å². The van der Waals surface area contributed by atoms with Gasteiger partial charge in [-0.15, -0.1) is 0 Å². The quantitative estimate of drug-likeness (QED) is 0.900. The molecule has 0 amide bonds. The molecule has 0 aliphatic carbocycles. The van der Waals surface area contributed by atoms with Gasteiger partial charge in [0.25, 0.3) is 0 Å². The molecule has 0 aliphatic heterocycles. The summed E-state index contributed by atoms with van der Waals surface area (Å²) in [7, 11) is 1.61. The Morgan fingerprint density at radius 2 is 1.74 bits per heavy atom. The van der Waals surface area contributed by atoms with Gasteiger partial charge in [-0.1, -0.05) is 6.07 Å². The third-order valence-corrected chi connectivity index (χ3v) is 2.85. The monoisotopic (exact) mass is 252 g/mol. The van der Waals surface area contributed by atoms with Crippen LogP contribution < -0.4 is 10.1 Å². The van der Waals surface area contributed by atoms with Crippen LogP contribution in [0.5, 0.6) is 5.75 Å². The Bertz CT molecular complexity index is 621. The molecule has 96 valence electrons. The van der Waals surface area contributed by atoms with Gasteiger partial charge in [0.05, 0.1) is 18.4 Å². The van der Waals surface area contributed by atoms with E-state index in [0.717, 1.165) is 17.1 Å². The van der Waals surface area contributed by atoms with Gasteiger partial charge in [0.15, 0.2) is 0 Å². The summed E-state index contributed by atoms with van der Waals surface area (Å²) in [6.07, 6.45) is 0. The van der Waals surface area contributed by atoms with Crippen LogP contribution in [0.4, 0.5) is 11.4 Å². The molecule has 0 bridgehead atoms. The van der Waals surface area contributed by atoms with E-state index in [1.54, 1.807) is 19.2 Å². The van der Waals surface area contributed by atoms with Gasteiger partial charge in [-0.3, -0.25) is 0 Å². The number of hydrogen-bond acceptors (Lipinski definition) is 3. The van der Waals surface area contributed by atoms with Crippen LogP contribution in [0, 0.1) is 25.2 Å². The molecule has 3 heteroatoms. The zero-order valence-corrected chi connectivity index (χ0v) is 11.3. The maximum absolute atomic E-state index is 9.14.